The molecule has 25 heavy (non-hydrogen) atoms. The van der Waals surface area contributed by atoms with Crippen molar-refractivity contribution in [3.8, 4) is 0 Å². The van der Waals surface area contributed by atoms with E-state index in [1.807, 2.05) is 42.2 Å². The van der Waals surface area contributed by atoms with Gasteiger partial charge in [0, 0.05) is 32.0 Å². The number of H-pyrrole nitrogens is 1. The highest BCUT2D eigenvalue weighted by molar-refractivity contribution is 5.76. The van der Waals surface area contributed by atoms with Crippen LogP contribution in [-0.4, -0.2) is 45.7 Å². The average Bonchev–Trinajstić information content (AvgIpc) is 3.09. The molecule has 6 nitrogen and oxygen atoms in total. The van der Waals surface area contributed by atoms with Crippen molar-refractivity contribution >= 4 is 5.91 Å². The molecule has 134 valence electrons. The number of benzene rings is 1. The van der Waals surface area contributed by atoms with Crippen LogP contribution in [-0.2, 0) is 16.1 Å². The highest BCUT2D eigenvalue weighted by Gasteiger charge is 2.26. The van der Waals surface area contributed by atoms with E-state index in [2.05, 4.69) is 15.2 Å². The Kier molecular flexibility index (Phi) is 6.17. The van der Waals surface area contributed by atoms with Gasteiger partial charge < -0.3 is 9.64 Å². The molecule has 1 saturated heterocycles. The summed E-state index contributed by atoms with van der Waals surface area (Å²) in [6.45, 7) is 4.67. The Hall–Kier alpha value is -2.21. The first-order valence-corrected chi connectivity index (χ1v) is 9.00. The number of rotatable bonds is 7. The molecule has 2 heterocycles. The van der Waals surface area contributed by atoms with Gasteiger partial charge in [-0.25, -0.2) is 4.98 Å². The number of hydrogen-bond donors (Lipinski definition) is 1. The van der Waals surface area contributed by atoms with Gasteiger partial charge in [-0.2, -0.15) is 5.10 Å². The molecule has 1 amide bonds. The van der Waals surface area contributed by atoms with Crippen molar-refractivity contribution in [1.82, 2.24) is 20.1 Å². The topological polar surface area (TPSA) is 71.1 Å². The van der Waals surface area contributed by atoms with Gasteiger partial charge in [-0.05, 0) is 31.7 Å². The van der Waals surface area contributed by atoms with Gasteiger partial charge in [-0.1, -0.05) is 30.3 Å². The van der Waals surface area contributed by atoms with Crippen LogP contribution in [0.1, 0.15) is 48.8 Å². The molecule has 6 heteroatoms. The SMILES string of the molecule is Cc1nc([C@H]2CCCN(C(=O)CCCOCc3ccccc3)C2)n[nH]1. The lowest BCUT2D eigenvalue weighted by atomic mass is 9.97. The Balaban J connectivity index is 1.37. The molecule has 0 bridgehead atoms. The van der Waals surface area contributed by atoms with Gasteiger partial charge in [0.05, 0.1) is 6.61 Å². The fourth-order valence-corrected chi connectivity index (χ4v) is 3.20. The number of piperidine rings is 1. The first-order chi connectivity index (χ1) is 12.2. The number of carbonyl (C=O) groups is 1. The monoisotopic (exact) mass is 342 g/mol. The molecule has 0 unspecified atom stereocenters. The Bertz CT molecular complexity index is 671. The number of aryl methyl sites for hydroxylation is 1. The molecule has 0 radical (unpaired) electrons. The largest absolute Gasteiger partial charge is 0.377 e. The summed E-state index contributed by atoms with van der Waals surface area (Å²) < 4.78 is 5.66. The van der Waals surface area contributed by atoms with E-state index >= 15 is 0 Å². The zero-order valence-electron chi connectivity index (χ0n) is 14.8. The van der Waals surface area contributed by atoms with Crippen molar-refractivity contribution in [2.45, 2.75) is 45.1 Å². The Morgan fingerprint density at radius 3 is 2.96 bits per heavy atom. The second kappa shape index (κ2) is 8.76. The number of likely N-dealkylation sites (tertiary alicyclic amines) is 1. The van der Waals surface area contributed by atoms with Gasteiger partial charge in [0.2, 0.25) is 5.91 Å². The maximum Gasteiger partial charge on any atom is 0.222 e. The highest BCUT2D eigenvalue weighted by Crippen LogP contribution is 2.24. The fourth-order valence-electron chi connectivity index (χ4n) is 3.20. The van der Waals surface area contributed by atoms with Crippen LogP contribution < -0.4 is 0 Å². The second-order valence-electron chi connectivity index (χ2n) is 6.60. The van der Waals surface area contributed by atoms with Gasteiger partial charge in [-0.15, -0.1) is 0 Å². The molecule has 1 atom stereocenters. The van der Waals surface area contributed by atoms with Crippen molar-refractivity contribution in [1.29, 1.82) is 0 Å². The van der Waals surface area contributed by atoms with E-state index in [1.165, 1.54) is 0 Å². The summed E-state index contributed by atoms with van der Waals surface area (Å²) in [5.41, 5.74) is 1.16. The molecular formula is C19H26N4O2. The summed E-state index contributed by atoms with van der Waals surface area (Å²) in [7, 11) is 0. The zero-order chi connectivity index (χ0) is 17.5. The molecule has 1 aromatic heterocycles. The van der Waals surface area contributed by atoms with Crippen molar-refractivity contribution in [2.75, 3.05) is 19.7 Å². The number of aromatic nitrogens is 3. The zero-order valence-corrected chi connectivity index (χ0v) is 14.8. The number of amides is 1. The lowest BCUT2D eigenvalue weighted by molar-refractivity contribution is -0.132. The number of carbonyl (C=O) groups excluding carboxylic acids is 1. The molecule has 1 aliphatic heterocycles. The van der Waals surface area contributed by atoms with Crippen LogP contribution in [0.5, 0.6) is 0 Å². The third-order valence-corrected chi connectivity index (χ3v) is 4.54. The summed E-state index contributed by atoms with van der Waals surface area (Å²) in [6.07, 6.45) is 3.34. The van der Waals surface area contributed by atoms with Gasteiger partial charge in [0.25, 0.3) is 0 Å². The third-order valence-electron chi connectivity index (χ3n) is 4.54. The lowest BCUT2D eigenvalue weighted by Crippen LogP contribution is -2.39. The van der Waals surface area contributed by atoms with Crippen molar-refractivity contribution in [3.05, 3.63) is 47.5 Å². The Morgan fingerprint density at radius 2 is 2.20 bits per heavy atom. The summed E-state index contributed by atoms with van der Waals surface area (Å²) in [5, 5.41) is 7.15. The van der Waals surface area contributed by atoms with Gasteiger partial charge in [0.15, 0.2) is 5.82 Å². The van der Waals surface area contributed by atoms with E-state index in [0.717, 1.165) is 49.6 Å². The maximum atomic E-state index is 12.4. The van der Waals surface area contributed by atoms with E-state index < -0.39 is 0 Å². The minimum Gasteiger partial charge on any atom is -0.377 e. The fraction of sp³-hybridized carbons (Fsp3) is 0.526. The summed E-state index contributed by atoms with van der Waals surface area (Å²) in [5.74, 6) is 2.12. The van der Waals surface area contributed by atoms with Crippen LogP contribution in [0.2, 0.25) is 0 Å². The standard InChI is InChI=1S/C19H26N4O2/c1-15-20-19(22-21-15)17-9-5-11-23(13-17)18(24)10-6-12-25-14-16-7-3-2-4-8-16/h2-4,7-8,17H,5-6,9-14H2,1H3,(H,20,21,22)/t17-/m0/s1. The maximum absolute atomic E-state index is 12.4. The quantitative estimate of drug-likeness (QED) is 0.786. The lowest BCUT2D eigenvalue weighted by Gasteiger charge is -2.31. The third kappa shape index (κ3) is 5.13. The summed E-state index contributed by atoms with van der Waals surface area (Å²) >= 11 is 0. The van der Waals surface area contributed by atoms with E-state index in [-0.39, 0.29) is 11.8 Å². The van der Waals surface area contributed by atoms with Gasteiger partial charge in [-0.3, -0.25) is 9.89 Å². The summed E-state index contributed by atoms with van der Waals surface area (Å²) in [4.78, 5) is 18.8. The average molecular weight is 342 g/mol. The van der Waals surface area contributed by atoms with Crippen LogP contribution in [0.4, 0.5) is 0 Å². The molecule has 2 aromatic rings. The summed E-state index contributed by atoms with van der Waals surface area (Å²) in [6, 6.07) is 10.1. The van der Waals surface area contributed by atoms with E-state index in [4.69, 9.17) is 4.74 Å². The first kappa shape index (κ1) is 17.6. The number of nitrogens with zero attached hydrogens (tertiary/aromatic N) is 3. The number of ether oxygens (including phenoxy) is 1. The van der Waals surface area contributed by atoms with Crippen LogP contribution in [0.25, 0.3) is 0 Å². The molecule has 1 aliphatic rings. The van der Waals surface area contributed by atoms with Crippen molar-refractivity contribution in [3.63, 3.8) is 0 Å². The van der Waals surface area contributed by atoms with Gasteiger partial charge in [0.1, 0.15) is 5.82 Å². The highest BCUT2D eigenvalue weighted by atomic mass is 16.5. The Morgan fingerprint density at radius 1 is 1.36 bits per heavy atom. The number of hydrogen-bond acceptors (Lipinski definition) is 4. The second-order valence-corrected chi connectivity index (χ2v) is 6.60. The van der Waals surface area contributed by atoms with Crippen LogP contribution in [0.15, 0.2) is 30.3 Å². The van der Waals surface area contributed by atoms with Crippen LogP contribution >= 0.6 is 0 Å². The molecule has 3 rings (SSSR count). The van der Waals surface area contributed by atoms with Crippen LogP contribution in [0, 0.1) is 6.92 Å². The molecule has 1 fully saturated rings. The predicted molar refractivity (Wildman–Crippen MR) is 95.0 cm³/mol. The number of nitrogens with one attached hydrogen (secondary N) is 1. The molecule has 0 spiro atoms. The smallest absolute Gasteiger partial charge is 0.222 e. The van der Waals surface area contributed by atoms with Gasteiger partial charge >= 0.3 is 0 Å². The molecule has 1 N–H and O–H groups in total. The van der Waals surface area contributed by atoms with Crippen LogP contribution in [0.3, 0.4) is 0 Å². The molecule has 0 saturated carbocycles. The normalized spacial score (nSPS) is 17.6. The molecular weight excluding hydrogens is 316 g/mol. The number of aromatic amines is 1. The predicted octanol–water partition coefficient (Wildman–Crippen LogP) is 2.82. The first-order valence-electron chi connectivity index (χ1n) is 9.00. The van der Waals surface area contributed by atoms with Crippen molar-refractivity contribution < 1.29 is 9.53 Å². The van der Waals surface area contributed by atoms with E-state index in [1.54, 1.807) is 0 Å². The van der Waals surface area contributed by atoms with E-state index in [0.29, 0.717) is 19.6 Å². The molecule has 0 aliphatic carbocycles. The minimum absolute atomic E-state index is 0.209. The van der Waals surface area contributed by atoms with Crippen molar-refractivity contribution in [2.24, 2.45) is 0 Å². The minimum atomic E-state index is 0.209. The Labute approximate surface area is 148 Å². The van der Waals surface area contributed by atoms with E-state index in [9.17, 15) is 4.79 Å². The molecule has 1 aromatic carbocycles.